The maximum atomic E-state index is 12.0. The molecular formula is C13H12Cl2N2O2S. The minimum absolute atomic E-state index is 0.0907. The minimum Gasteiger partial charge on any atom is -0.243 e. The highest BCUT2D eigenvalue weighted by molar-refractivity contribution is 7.89. The van der Waals surface area contributed by atoms with E-state index in [-0.39, 0.29) is 16.6 Å². The van der Waals surface area contributed by atoms with Crippen molar-refractivity contribution in [2.75, 3.05) is 6.54 Å². The molecule has 1 N–H and O–H groups in total. The van der Waals surface area contributed by atoms with Crippen LogP contribution in [0.3, 0.4) is 0 Å². The minimum atomic E-state index is -3.56. The average molecular weight is 331 g/mol. The van der Waals surface area contributed by atoms with Gasteiger partial charge in [0, 0.05) is 17.8 Å². The molecule has 2 aromatic rings. The summed E-state index contributed by atoms with van der Waals surface area (Å²) >= 11 is 11.5. The molecule has 0 aliphatic heterocycles. The van der Waals surface area contributed by atoms with E-state index in [2.05, 4.69) is 9.71 Å². The van der Waals surface area contributed by atoms with Crippen LogP contribution in [-0.4, -0.2) is 19.9 Å². The Morgan fingerprint density at radius 1 is 1.15 bits per heavy atom. The number of hydrogen-bond donors (Lipinski definition) is 1. The number of halogens is 2. The number of benzene rings is 1. The molecule has 0 fully saturated rings. The molecule has 20 heavy (non-hydrogen) atoms. The zero-order valence-corrected chi connectivity index (χ0v) is 12.7. The van der Waals surface area contributed by atoms with Gasteiger partial charge in [-0.05, 0) is 36.2 Å². The van der Waals surface area contributed by atoms with E-state index in [1.54, 1.807) is 12.1 Å². The monoisotopic (exact) mass is 330 g/mol. The second kappa shape index (κ2) is 6.54. The molecule has 0 aliphatic rings. The van der Waals surface area contributed by atoms with Crippen LogP contribution >= 0.6 is 23.2 Å². The fourth-order valence-corrected chi connectivity index (χ4v) is 2.93. The lowest BCUT2D eigenvalue weighted by Gasteiger charge is -2.06. The molecule has 2 rings (SSSR count). The molecule has 106 valence electrons. The highest BCUT2D eigenvalue weighted by atomic mass is 35.5. The van der Waals surface area contributed by atoms with Crippen molar-refractivity contribution in [3.63, 3.8) is 0 Å². The van der Waals surface area contributed by atoms with Crippen molar-refractivity contribution in [3.05, 3.63) is 58.3 Å². The largest absolute Gasteiger partial charge is 0.243 e. The van der Waals surface area contributed by atoms with Crippen molar-refractivity contribution in [2.24, 2.45) is 0 Å². The third-order valence-electron chi connectivity index (χ3n) is 2.61. The van der Waals surface area contributed by atoms with Crippen LogP contribution in [0.4, 0.5) is 0 Å². The molecule has 0 amide bonds. The van der Waals surface area contributed by atoms with Gasteiger partial charge in [0.1, 0.15) is 10.0 Å². The van der Waals surface area contributed by atoms with Gasteiger partial charge in [0.15, 0.2) is 0 Å². The molecule has 0 aliphatic carbocycles. The van der Waals surface area contributed by atoms with Crippen molar-refractivity contribution in [1.29, 1.82) is 0 Å². The lowest BCUT2D eigenvalue weighted by atomic mass is 10.2. The normalized spacial score (nSPS) is 11.5. The Morgan fingerprint density at radius 2 is 1.95 bits per heavy atom. The molecule has 7 heteroatoms. The second-order valence-corrected chi connectivity index (χ2v) is 6.68. The fraction of sp³-hybridized carbons (Fsp3) is 0.154. The zero-order chi connectivity index (χ0) is 14.6. The van der Waals surface area contributed by atoms with Crippen molar-refractivity contribution in [1.82, 2.24) is 9.71 Å². The average Bonchev–Trinajstić information content (AvgIpc) is 2.39. The Balaban J connectivity index is 1.98. The van der Waals surface area contributed by atoms with Crippen molar-refractivity contribution >= 4 is 33.2 Å². The van der Waals surface area contributed by atoms with Gasteiger partial charge in [-0.15, -0.1) is 0 Å². The molecule has 0 spiro atoms. The zero-order valence-electron chi connectivity index (χ0n) is 10.4. The SMILES string of the molecule is O=S(=O)(NCCc1cccc(Cl)c1)c1ccc(Cl)nc1. The molecule has 1 aromatic carbocycles. The summed E-state index contributed by atoms with van der Waals surface area (Å²) in [6, 6.07) is 10.2. The molecular weight excluding hydrogens is 319 g/mol. The Kier molecular flexibility index (Phi) is 4.99. The third kappa shape index (κ3) is 4.18. The number of pyridine rings is 1. The first-order chi connectivity index (χ1) is 9.47. The highest BCUT2D eigenvalue weighted by Gasteiger charge is 2.13. The van der Waals surface area contributed by atoms with Crippen LogP contribution in [0.15, 0.2) is 47.5 Å². The van der Waals surface area contributed by atoms with E-state index in [9.17, 15) is 8.42 Å². The molecule has 0 radical (unpaired) electrons. The van der Waals surface area contributed by atoms with Gasteiger partial charge in [0.2, 0.25) is 10.0 Å². The van der Waals surface area contributed by atoms with E-state index in [0.717, 1.165) is 5.56 Å². The number of aromatic nitrogens is 1. The summed E-state index contributed by atoms with van der Waals surface area (Å²) in [5.74, 6) is 0. The number of nitrogens with zero attached hydrogens (tertiary/aromatic N) is 1. The number of rotatable bonds is 5. The standard InChI is InChI=1S/C13H12Cl2N2O2S/c14-11-3-1-2-10(8-11)6-7-17-20(18,19)12-4-5-13(15)16-9-12/h1-5,8-9,17H,6-7H2. The van der Waals surface area contributed by atoms with Gasteiger partial charge in [-0.3, -0.25) is 0 Å². The predicted molar refractivity (Wildman–Crippen MR) is 79.6 cm³/mol. The van der Waals surface area contributed by atoms with Crippen LogP contribution in [0.25, 0.3) is 0 Å². The summed E-state index contributed by atoms with van der Waals surface area (Å²) in [7, 11) is -3.56. The maximum absolute atomic E-state index is 12.0. The Bertz CT molecular complexity index is 688. The molecule has 0 atom stereocenters. The molecule has 1 aromatic heterocycles. The number of sulfonamides is 1. The summed E-state index contributed by atoms with van der Waals surface area (Å²) in [6.07, 6.45) is 1.78. The Morgan fingerprint density at radius 3 is 2.60 bits per heavy atom. The van der Waals surface area contributed by atoms with Gasteiger partial charge in [0.25, 0.3) is 0 Å². The first kappa shape index (κ1) is 15.3. The number of hydrogen-bond acceptors (Lipinski definition) is 3. The second-order valence-electron chi connectivity index (χ2n) is 4.09. The van der Waals surface area contributed by atoms with Crippen molar-refractivity contribution in [3.8, 4) is 0 Å². The fourth-order valence-electron chi connectivity index (χ4n) is 1.63. The molecule has 4 nitrogen and oxygen atoms in total. The quantitative estimate of drug-likeness (QED) is 0.857. The van der Waals surface area contributed by atoms with Gasteiger partial charge in [-0.25, -0.2) is 18.1 Å². The maximum Gasteiger partial charge on any atom is 0.242 e. The highest BCUT2D eigenvalue weighted by Crippen LogP contribution is 2.12. The molecule has 0 bridgehead atoms. The topological polar surface area (TPSA) is 59.1 Å². The summed E-state index contributed by atoms with van der Waals surface area (Å²) < 4.78 is 26.5. The first-order valence-electron chi connectivity index (χ1n) is 5.83. The summed E-state index contributed by atoms with van der Waals surface area (Å²) in [5.41, 5.74) is 0.967. The molecule has 0 saturated heterocycles. The first-order valence-corrected chi connectivity index (χ1v) is 8.07. The van der Waals surface area contributed by atoms with Crippen molar-refractivity contribution < 1.29 is 8.42 Å². The summed E-state index contributed by atoms with van der Waals surface area (Å²) in [6.45, 7) is 0.283. The number of nitrogens with one attached hydrogen (secondary N) is 1. The molecule has 0 unspecified atom stereocenters. The lowest BCUT2D eigenvalue weighted by Crippen LogP contribution is -2.26. The van der Waals surface area contributed by atoms with Crippen LogP contribution in [-0.2, 0) is 16.4 Å². The van der Waals surface area contributed by atoms with Crippen molar-refractivity contribution in [2.45, 2.75) is 11.3 Å². The Labute approximate surface area is 127 Å². The lowest BCUT2D eigenvalue weighted by molar-refractivity contribution is 0.581. The van der Waals surface area contributed by atoms with E-state index in [0.29, 0.717) is 11.4 Å². The van der Waals surface area contributed by atoms with Crippen LogP contribution in [0.2, 0.25) is 10.2 Å². The molecule has 1 heterocycles. The van der Waals surface area contributed by atoms with Gasteiger partial charge < -0.3 is 0 Å². The van der Waals surface area contributed by atoms with Gasteiger partial charge >= 0.3 is 0 Å². The third-order valence-corrected chi connectivity index (χ3v) is 4.51. The predicted octanol–water partition coefficient (Wildman–Crippen LogP) is 2.91. The smallest absolute Gasteiger partial charge is 0.242 e. The van der Waals surface area contributed by atoms with E-state index < -0.39 is 10.0 Å². The van der Waals surface area contributed by atoms with Gasteiger partial charge in [-0.1, -0.05) is 35.3 Å². The van der Waals surface area contributed by atoms with Crippen LogP contribution in [0.5, 0.6) is 0 Å². The molecule has 0 saturated carbocycles. The van der Waals surface area contributed by atoms with E-state index in [1.165, 1.54) is 18.3 Å². The van der Waals surface area contributed by atoms with E-state index in [1.807, 2.05) is 12.1 Å². The van der Waals surface area contributed by atoms with Crippen LogP contribution < -0.4 is 4.72 Å². The Hall–Kier alpha value is -1.14. The van der Waals surface area contributed by atoms with Crippen LogP contribution in [0, 0.1) is 0 Å². The van der Waals surface area contributed by atoms with E-state index in [4.69, 9.17) is 23.2 Å². The summed E-state index contributed by atoms with van der Waals surface area (Å²) in [5, 5.41) is 0.884. The van der Waals surface area contributed by atoms with E-state index >= 15 is 0 Å². The summed E-state index contributed by atoms with van der Waals surface area (Å²) in [4.78, 5) is 3.84. The van der Waals surface area contributed by atoms with Gasteiger partial charge in [0.05, 0.1) is 0 Å². The van der Waals surface area contributed by atoms with Crippen LogP contribution in [0.1, 0.15) is 5.56 Å². The van der Waals surface area contributed by atoms with Gasteiger partial charge in [-0.2, -0.15) is 0 Å².